The quantitative estimate of drug-likeness (QED) is 0.901. The molecule has 0 bridgehead atoms. The SMILES string of the molecule is O=C(O)C1(Cn2nnnc2Cc2ccc(F)c(F)c2)CC1. The second-order valence-electron chi connectivity index (χ2n) is 5.26. The average Bonchev–Trinajstić information content (AvgIpc) is 3.10. The molecule has 0 spiro atoms. The Bertz CT molecular complexity index is 697. The summed E-state index contributed by atoms with van der Waals surface area (Å²) in [5.41, 5.74) is -0.275. The summed E-state index contributed by atoms with van der Waals surface area (Å²) < 4.78 is 27.5. The molecule has 1 aliphatic rings. The van der Waals surface area contributed by atoms with E-state index in [1.54, 1.807) is 0 Å². The molecule has 0 saturated heterocycles. The van der Waals surface area contributed by atoms with Crippen LogP contribution in [0.4, 0.5) is 8.78 Å². The lowest BCUT2D eigenvalue weighted by Gasteiger charge is -2.10. The maximum atomic E-state index is 13.2. The van der Waals surface area contributed by atoms with E-state index < -0.39 is 23.0 Å². The number of aromatic nitrogens is 4. The lowest BCUT2D eigenvalue weighted by molar-refractivity contribution is -0.144. The Kier molecular flexibility index (Phi) is 3.15. The number of nitrogens with zero attached hydrogens (tertiary/aromatic N) is 4. The van der Waals surface area contributed by atoms with E-state index in [-0.39, 0.29) is 13.0 Å². The molecule has 1 fully saturated rings. The summed E-state index contributed by atoms with van der Waals surface area (Å²) in [6.45, 7) is 0.189. The summed E-state index contributed by atoms with van der Waals surface area (Å²) >= 11 is 0. The molecule has 1 aromatic heterocycles. The van der Waals surface area contributed by atoms with Crippen LogP contribution in [0.1, 0.15) is 24.2 Å². The van der Waals surface area contributed by atoms with Crippen LogP contribution in [0.15, 0.2) is 18.2 Å². The Morgan fingerprint density at radius 2 is 2.10 bits per heavy atom. The lowest BCUT2D eigenvalue weighted by atomic mass is 10.1. The molecule has 0 amide bonds. The highest BCUT2D eigenvalue weighted by atomic mass is 19.2. The first-order valence-electron chi connectivity index (χ1n) is 6.42. The first-order chi connectivity index (χ1) is 10.00. The molecule has 0 atom stereocenters. The van der Waals surface area contributed by atoms with Crippen molar-refractivity contribution in [2.45, 2.75) is 25.8 Å². The smallest absolute Gasteiger partial charge is 0.311 e. The van der Waals surface area contributed by atoms with Gasteiger partial charge in [-0.2, -0.15) is 0 Å². The molecule has 1 heterocycles. The number of rotatable bonds is 5. The maximum absolute atomic E-state index is 13.2. The molecule has 110 valence electrons. The van der Waals surface area contributed by atoms with Gasteiger partial charge in [-0.05, 0) is 41.0 Å². The number of carbonyl (C=O) groups is 1. The first-order valence-corrected chi connectivity index (χ1v) is 6.42. The molecule has 6 nitrogen and oxygen atoms in total. The highest BCUT2D eigenvalue weighted by Gasteiger charge is 2.51. The predicted octanol–water partition coefficient (Wildman–Crippen LogP) is 1.41. The molecule has 1 N–H and O–H groups in total. The third-order valence-corrected chi connectivity index (χ3v) is 3.71. The molecule has 1 aromatic carbocycles. The second kappa shape index (κ2) is 4.87. The van der Waals surface area contributed by atoms with Gasteiger partial charge >= 0.3 is 5.97 Å². The number of aliphatic carboxylic acids is 1. The molecule has 0 radical (unpaired) electrons. The Labute approximate surface area is 118 Å². The molecule has 0 aliphatic heterocycles. The molecular formula is C13H12F2N4O2. The van der Waals surface area contributed by atoms with Crippen molar-refractivity contribution in [3.8, 4) is 0 Å². The van der Waals surface area contributed by atoms with Crippen LogP contribution in [-0.2, 0) is 17.8 Å². The van der Waals surface area contributed by atoms with Crippen molar-refractivity contribution >= 4 is 5.97 Å². The summed E-state index contributed by atoms with van der Waals surface area (Å²) in [7, 11) is 0. The topological polar surface area (TPSA) is 80.9 Å². The standard InChI is InChI=1S/C13H12F2N4O2/c14-9-2-1-8(5-10(9)15)6-11-16-17-18-19(11)7-13(3-4-13)12(20)21/h1-2,5H,3-4,6-7H2,(H,20,21). The molecule has 1 saturated carbocycles. The predicted molar refractivity (Wildman–Crippen MR) is 66.3 cm³/mol. The van der Waals surface area contributed by atoms with E-state index in [0.717, 1.165) is 12.1 Å². The van der Waals surface area contributed by atoms with Crippen molar-refractivity contribution in [3.63, 3.8) is 0 Å². The van der Waals surface area contributed by atoms with Crippen LogP contribution in [0.3, 0.4) is 0 Å². The van der Waals surface area contributed by atoms with E-state index in [1.807, 2.05) is 0 Å². The maximum Gasteiger partial charge on any atom is 0.311 e. The molecule has 3 rings (SSSR count). The summed E-state index contributed by atoms with van der Waals surface area (Å²) in [4.78, 5) is 11.2. The van der Waals surface area contributed by atoms with Crippen molar-refractivity contribution in [1.82, 2.24) is 20.2 Å². The number of hydrogen-bond donors (Lipinski definition) is 1. The minimum Gasteiger partial charge on any atom is -0.481 e. The van der Waals surface area contributed by atoms with Crippen LogP contribution in [0.25, 0.3) is 0 Å². The monoisotopic (exact) mass is 294 g/mol. The number of hydrogen-bond acceptors (Lipinski definition) is 4. The van der Waals surface area contributed by atoms with Gasteiger partial charge < -0.3 is 5.11 Å². The molecule has 1 aliphatic carbocycles. The minimum absolute atomic E-state index is 0.189. The number of benzene rings is 1. The van der Waals surface area contributed by atoms with Gasteiger partial charge in [0, 0.05) is 6.42 Å². The Balaban J connectivity index is 1.79. The van der Waals surface area contributed by atoms with Gasteiger partial charge in [0.1, 0.15) is 0 Å². The van der Waals surface area contributed by atoms with Crippen molar-refractivity contribution in [2.24, 2.45) is 5.41 Å². The number of carboxylic acid groups (broad SMARTS) is 1. The van der Waals surface area contributed by atoms with Gasteiger partial charge in [-0.15, -0.1) is 5.10 Å². The normalized spacial score (nSPS) is 15.9. The van der Waals surface area contributed by atoms with Crippen molar-refractivity contribution < 1.29 is 18.7 Å². The van der Waals surface area contributed by atoms with Crippen molar-refractivity contribution in [1.29, 1.82) is 0 Å². The number of carboxylic acids is 1. The zero-order valence-electron chi connectivity index (χ0n) is 11.0. The van der Waals surface area contributed by atoms with Crippen molar-refractivity contribution in [3.05, 3.63) is 41.2 Å². The number of tetrazole rings is 1. The summed E-state index contributed by atoms with van der Waals surface area (Å²) in [6, 6.07) is 3.57. The van der Waals surface area contributed by atoms with Crippen molar-refractivity contribution in [2.75, 3.05) is 0 Å². The van der Waals surface area contributed by atoms with Gasteiger partial charge in [0.2, 0.25) is 0 Å². The van der Waals surface area contributed by atoms with Crippen LogP contribution in [0.2, 0.25) is 0 Å². The van der Waals surface area contributed by atoms with Crippen LogP contribution < -0.4 is 0 Å². The Hall–Kier alpha value is -2.38. The van der Waals surface area contributed by atoms with Crippen LogP contribution in [0, 0.1) is 17.0 Å². The van der Waals surface area contributed by atoms with E-state index in [2.05, 4.69) is 15.5 Å². The first kappa shape index (κ1) is 13.6. The highest BCUT2D eigenvalue weighted by Crippen LogP contribution is 2.47. The summed E-state index contributed by atoms with van der Waals surface area (Å²) in [5.74, 6) is -2.29. The van der Waals surface area contributed by atoms with Gasteiger partial charge in [-0.1, -0.05) is 6.07 Å². The van der Waals surface area contributed by atoms with Gasteiger partial charge in [0.05, 0.1) is 12.0 Å². The zero-order valence-corrected chi connectivity index (χ0v) is 11.0. The number of halogens is 2. The summed E-state index contributed by atoms with van der Waals surface area (Å²) in [5, 5.41) is 20.3. The molecule has 8 heteroatoms. The Morgan fingerprint density at radius 3 is 2.71 bits per heavy atom. The van der Waals surface area contributed by atoms with E-state index >= 15 is 0 Å². The average molecular weight is 294 g/mol. The highest BCUT2D eigenvalue weighted by molar-refractivity contribution is 5.77. The van der Waals surface area contributed by atoms with E-state index in [0.29, 0.717) is 24.2 Å². The molecular weight excluding hydrogens is 282 g/mol. The van der Waals surface area contributed by atoms with Gasteiger partial charge in [-0.3, -0.25) is 4.79 Å². The zero-order chi connectivity index (χ0) is 15.0. The fourth-order valence-electron chi connectivity index (χ4n) is 2.18. The fraction of sp³-hybridized carbons (Fsp3) is 0.385. The molecule has 2 aromatic rings. The molecule has 0 unspecified atom stereocenters. The fourth-order valence-corrected chi connectivity index (χ4v) is 2.18. The van der Waals surface area contributed by atoms with Crippen LogP contribution in [-0.4, -0.2) is 31.3 Å². The van der Waals surface area contributed by atoms with Crippen LogP contribution >= 0.6 is 0 Å². The second-order valence-corrected chi connectivity index (χ2v) is 5.26. The lowest BCUT2D eigenvalue weighted by Crippen LogP contribution is -2.23. The molecule has 21 heavy (non-hydrogen) atoms. The third-order valence-electron chi connectivity index (χ3n) is 3.71. The Morgan fingerprint density at radius 1 is 1.33 bits per heavy atom. The largest absolute Gasteiger partial charge is 0.481 e. The van der Waals surface area contributed by atoms with E-state index in [9.17, 15) is 18.7 Å². The van der Waals surface area contributed by atoms with E-state index in [4.69, 9.17) is 0 Å². The minimum atomic E-state index is -0.935. The van der Waals surface area contributed by atoms with Gasteiger partial charge in [-0.25, -0.2) is 13.5 Å². The third kappa shape index (κ3) is 2.61. The van der Waals surface area contributed by atoms with Gasteiger partial charge in [0.15, 0.2) is 17.5 Å². The summed E-state index contributed by atoms with van der Waals surface area (Å²) in [6.07, 6.45) is 1.39. The van der Waals surface area contributed by atoms with Crippen LogP contribution in [0.5, 0.6) is 0 Å². The van der Waals surface area contributed by atoms with Gasteiger partial charge in [0.25, 0.3) is 0 Å². The van der Waals surface area contributed by atoms with E-state index in [1.165, 1.54) is 10.7 Å².